The first-order valence-electron chi connectivity index (χ1n) is 6.90. The van der Waals surface area contributed by atoms with Crippen molar-refractivity contribution >= 4 is 0 Å². The molecule has 1 saturated carbocycles. The minimum atomic E-state index is -0.0752. The van der Waals surface area contributed by atoms with Gasteiger partial charge in [0.2, 0.25) is 0 Å². The third kappa shape index (κ3) is 4.94. The molecule has 0 heterocycles. The van der Waals surface area contributed by atoms with Crippen molar-refractivity contribution in [2.45, 2.75) is 64.6 Å². The van der Waals surface area contributed by atoms with E-state index in [0.29, 0.717) is 12.0 Å². The van der Waals surface area contributed by atoms with Gasteiger partial charge in [-0.15, -0.1) is 0 Å². The van der Waals surface area contributed by atoms with Gasteiger partial charge >= 0.3 is 0 Å². The average Bonchev–Trinajstić information content (AvgIpc) is 3.06. The van der Waals surface area contributed by atoms with E-state index in [-0.39, 0.29) is 5.60 Å². The van der Waals surface area contributed by atoms with E-state index >= 15 is 0 Å². The summed E-state index contributed by atoms with van der Waals surface area (Å²) in [6.07, 6.45) is 3.70. The zero-order valence-electron chi connectivity index (χ0n) is 12.2. The van der Waals surface area contributed by atoms with Gasteiger partial charge in [-0.1, -0.05) is 13.8 Å². The molecule has 0 amide bonds. The van der Waals surface area contributed by atoms with Crippen LogP contribution in [0.25, 0.3) is 0 Å². The number of hydrogen-bond acceptors (Lipinski definition) is 3. The third-order valence-electron chi connectivity index (χ3n) is 3.61. The third-order valence-corrected chi connectivity index (χ3v) is 3.61. The molecule has 3 heteroatoms. The minimum Gasteiger partial charge on any atom is -0.379 e. The molecule has 17 heavy (non-hydrogen) atoms. The molecule has 1 atom stereocenters. The second-order valence-electron chi connectivity index (χ2n) is 6.38. The molecule has 0 aromatic carbocycles. The predicted octanol–water partition coefficient (Wildman–Crippen LogP) is 2.25. The Bertz CT molecular complexity index is 224. The maximum Gasteiger partial charge on any atom is 0.0638 e. The highest BCUT2D eigenvalue weighted by molar-refractivity contribution is 4.92. The molecule has 0 saturated heterocycles. The SMILES string of the molecule is COC(C)(C)CC(CN)N(CC(C)C)C1CC1. The van der Waals surface area contributed by atoms with Crippen molar-refractivity contribution < 1.29 is 4.74 Å². The van der Waals surface area contributed by atoms with E-state index in [9.17, 15) is 0 Å². The Balaban J connectivity index is 2.61. The van der Waals surface area contributed by atoms with Gasteiger partial charge in [-0.3, -0.25) is 4.90 Å². The Morgan fingerprint density at radius 1 is 1.35 bits per heavy atom. The number of rotatable bonds is 8. The van der Waals surface area contributed by atoms with Crippen LogP contribution < -0.4 is 5.73 Å². The van der Waals surface area contributed by atoms with Crippen LogP contribution in [0.1, 0.15) is 47.0 Å². The molecular weight excluding hydrogens is 212 g/mol. The molecule has 0 spiro atoms. The normalized spacial score (nSPS) is 19.1. The van der Waals surface area contributed by atoms with Crippen LogP contribution in [0.5, 0.6) is 0 Å². The lowest BCUT2D eigenvalue weighted by Crippen LogP contribution is -2.47. The van der Waals surface area contributed by atoms with Crippen LogP contribution in [0.2, 0.25) is 0 Å². The van der Waals surface area contributed by atoms with Gasteiger partial charge in [0, 0.05) is 32.3 Å². The highest BCUT2D eigenvalue weighted by Gasteiger charge is 2.36. The van der Waals surface area contributed by atoms with Gasteiger partial charge in [0.1, 0.15) is 0 Å². The van der Waals surface area contributed by atoms with E-state index in [4.69, 9.17) is 10.5 Å². The molecule has 0 radical (unpaired) electrons. The Morgan fingerprint density at radius 3 is 2.29 bits per heavy atom. The summed E-state index contributed by atoms with van der Waals surface area (Å²) in [6, 6.07) is 1.23. The Morgan fingerprint density at radius 2 is 1.94 bits per heavy atom. The fourth-order valence-corrected chi connectivity index (χ4v) is 2.41. The first-order valence-corrected chi connectivity index (χ1v) is 6.90. The van der Waals surface area contributed by atoms with Crippen molar-refractivity contribution in [3.05, 3.63) is 0 Å². The zero-order chi connectivity index (χ0) is 13.1. The van der Waals surface area contributed by atoms with Crippen LogP contribution in [0.15, 0.2) is 0 Å². The van der Waals surface area contributed by atoms with Crippen molar-refractivity contribution in [3.63, 3.8) is 0 Å². The summed E-state index contributed by atoms with van der Waals surface area (Å²) in [4.78, 5) is 2.62. The molecule has 1 unspecified atom stereocenters. The summed E-state index contributed by atoms with van der Waals surface area (Å²) in [5, 5.41) is 0. The van der Waals surface area contributed by atoms with E-state index in [1.807, 2.05) is 0 Å². The molecule has 2 N–H and O–H groups in total. The summed E-state index contributed by atoms with van der Waals surface area (Å²) >= 11 is 0. The van der Waals surface area contributed by atoms with E-state index in [2.05, 4.69) is 32.6 Å². The van der Waals surface area contributed by atoms with Crippen LogP contribution in [0, 0.1) is 5.92 Å². The van der Waals surface area contributed by atoms with Gasteiger partial charge in [-0.2, -0.15) is 0 Å². The van der Waals surface area contributed by atoms with Crippen molar-refractivity contribution in [3.8, 4) is 0 Å². The molecule has 0 aromatic heterocycles. The first kappa shape index (κ1) is 14.9. The van der Waals surface area contributed by atoms with Crippen molar-refractivity contribution in [1.29, 1.82) is 0 Å². The van der Waals surface area contributed by atoms with Gasteiger partial charge in [-0.05, 0) is 39.0 Å². The fraction of sp³-hybridized carbons (Fsp3) is 1.00. The average molecular weight is 242 g/mol. The molecule has 102 valence electrons. The van der Waals surface area contributed by atoms with Crippen molar-refractivity contribution in [2.75, 3.05) is 20.2 Å². The first-order chi connectivity index (χ1) is 7.89. The van der Waals surface area contributed by atoms with Gasteiger partial charge in [0.15, 0.2) is 0 Å². The lowest BCUT2D eigenvalue weighted by Gasteiger charge is -2.37. The van der Waals surface area contributed by atoms with Crippen molar-refractivity contribution in [1.82, 2.24) is 4.90 Å². The fourth-order valence-electron chi connectivity index (χ4n) is 2.41. The van der Waals surface area contributed by atoms with E-state index in [1.54, 1.807) is 7.11 Å². The van der Waals surface area contributed by atoms with E-state index < -0.39 is 0 Å². The standard InChI is InChI=1S/C14H30N2O/c1-11(2)10-16(12-6-7-12)13(9-15)8-14(3,4)17-5/h11-13H,6-10,15H2,1-5H3. The predicted molar refractivity (Wildman–Crippen MR) is 73.1 cm³/mol. The number of methoxy groups -OCH3 is 1. The lowest BCUT2D eigenvalue weighted by molar-refractivity contribution is -0.0104. The van der Waals surface area contributed by atoms with E-state index in [1.165, 1.54) is 12.8 Å². The molecule has 0 aromatic rings. The lowest BCUT2D eigenvalue weighted by atomic mass is 9.96. The molecule has 3 nitrogen and oxygen atoms in total. The largest absolute Gasteiger partial charge is 0.379 e. The summed E-state index contributed by atoms with van der Waals surface area (Å²) in [6.45, 7) is 10.8. The molecule has 1 aliphatic rings. The monoisotopic (exact) mass is 242 g/mol. The molecule has 1 aliphatic carbocycles. The zero-order valence-corrected chi connectivity index (χ0v) is 12.2. The highest BCUT2D eigenvalue weighted by Crippen LogP contribution is 2.31. The maximum atomic E-state index is 5.98. The number of ether oxygens (including phenoxy) is 1. The van der Waals surface area contributed by atoms with Gasteiger partial charge in [-0.25, -0.2) is 0 Å². The second kappa shape index (κ2) is 6.17. The summed E-state index contributed by atoms with van der Waals surface area (Å²) in [7, 11) is 1.79. The minimum absolute atomic E-state index is 0.0752. The molecule has 1 rings (SSSR count). The van der Waals surface area contributed by atoms with Gasteiger partial charge in [0.25, 0.3) is 0 Å². The van der Waals surface area contributed by atoms with Crippen LogP contribution >= 0.6 is 0 Å². The second-order valence-corrected chi connectivity index (χ2v) is 6.38. The van der Waals surface area contributed by atoms with E-state index in [0.717, 1.165) is 25.6 Å². The summed E-state index contributed by atoms with van der Waals surface area (Å²) in [5.74, 6) is 0.704. The van der Waals surface area contributed by atoms with Gasteiger partial charge < -0.3 is 10.5 Å². The molecular formula is C14H30N2O. The topological polar surface area (TPSA) is 38.5 Å². The number of nitrogens with zero attached hydrogens (tertiary/aromatic N) is 1. The van der Waals surface area contributed by atoms with Crippen LogP contribution in [0.4, 0.5) is 0 Å². The van der Waals surface area contributed by atoms with Gasteiger partial charge in [0.05, 0.1) is 5.60 Å². The Hall–Kier alpha value is -0.120. The summed E-state index contributed by atoms with van der Waals surface area (Å²) < 4.78 is 5.54. The maximum absolute atomic E-state index is 5.98. The smallest absolute Gasteiger partial charge is 0.0638 e. The number of hydrogen-bond donors (Lipinski definition) is 1. The Kier molecular flexibility index (Phi) is 5.42. The molecule has 0 aliphatic heterocycles. The Labute approximate surface area is 107 Å². The highest BCUT2D eigenvalue weighted by atomic mass is 16.5. The van der Waals surface area contributed by atoms with Crippen molar-refractivity contribution in [2.24, 2.45) is 11.7 Å². The van der Waals surface area contributed by atoms with Crippen LogP contribution in [-0.2, 0) is 4.74 Å². The molecule has 1 fully saturated rings. The summed E-state index contributed by atoms with van der Waals surface area (Å²) in [5.41, 5.74) is 5.90. The molecule has 0 bridgehead atoms. The van der Waals surface area contributed by atoms with Crippen LogP contribution in [0.3, 0.4) is 0 Å². The number of nitrogens with two attached hydrogens (primary N) is 1. The quantitative estimate of drug-likeness (QED) is 0.709. The van der Waals surface area contributed by atoms with Crippen LogP contribution in [-0.4, -0.2) is 42.8 Å².